The molecule has 2 rings (SSSR count). The van der Waals surface area contributed by atoms with Gasteiger partial charge in [-0.25, -0.2) is 12.7 Å². The van der Waals surface area contributed by atoms with Crippen molar-refractivity contribution in [3.8, 4) is 0 Å². The maximum Gasteiger partial charge on any atom is 0.211 e. The van der Waals surface area contributed by atoms with E-state index in [0.717, 1.165) is 32.0 Å². The van der Waals surface area contributed by atoms with Gasteiger partial charge in [0.15, 0.2) is 5.96 Å². The van der Waals surface area contributed by atoms with Gasteiger partial charge in [0.2, 0.25) is 10.0 Å². The van der Waals surface area contributed by atoms with Crippen LogP contribution in [0.4, 0.5) is 0 Å². The van der Waals surface area contributed by atoms with Crippen molar-refractivity contribution in [2.75, 3.05) is 39.0 Å². The van der Waals surface area contributed by atoms with Gasteiger partial charge in [-0.05, 0) is 43.9 Å². The molecule has 0 aromatic carbocycles. The van der Waals surface area contributed by atoms with Crippen molar-refractivity contribution < 1.29 is 8.42 Å². The monoisotopic (exact) mass is 344 g/mol. The predicted molar refractivity (Wildman–Crippen MR) is 95.1 cm³/mol. The molecule has 1 saturated carbocycles. The number of nitrogens with zero attached hydrogens (tertiary/aromatic N) is 2. The van der Waals surface area contributed by atoms with Crippen LogP contribution in [0.2, 0.25) is 0 Å². The number of hydrogen-bond donors (Lipinski definition) is 2. The zero-order valence-corrected chi connectivity index (χ0v) is 15.6. The third-order valence-electron chi connectivity index (χ3n) is 5.36. The van der Waals surface area contributed by atoms with E-state index < -0.39 is 10.0 Å². The van der Waals surface area contributed by atoms with Crippen molar-refractivity contribution in [2.24, 2.45) is 16.3 Å². The zero-order valence-electron chi connectivity index (χ0n) is 14.8. The van der Waals surface area contributed by atoms with E-state index in [0.29, 0.717) is 24.4 Å². The molecule has 23 heavy (non-hydrogen) atoms. The molecule has 0 aromatic rings. The average Bonchev–Trinajstić information content (AvgIpc) is 2.93. The lowest BCUT2D eigenvalue weighted by Gasteiger charge is -2.40. The lowest BCUT2D eigenvalue weighted by molar-refractivity contribution is 0.139. The molecule has 0 radical (unpaired) electrons. The molecule has 6 nitrogen and oxygen atoms in total. The summed E-state index contributed by atoms with van der Waals surface area (Å²) in [5, 5.41) is 6.70. The molecule has 1 aliphatic heterocycles. The van der Waals surface area contributed by atoms with E-state index in [-0.39, 0.29) is 0 Å². The van der Waals surface area contributed by atoms with Gasteiger partial charge in [-0.3, -0.25) is 4.99 Å². The lowest BCUT2D eigenvalue weighted by atomic mass is 9.67. The van der Waals surface area contributed by atoms with Crippen LogP contribution in [-0.2, 0) is 10.0 Å². The summed E-state index contributed by atoms with van der Waals surface area (Å²) in [5.74, 6) is 1.22. The molecule has 0 spiro atoms. The van der Waals surface area contributed by atoms with Crippen LogP contribution in [0.5, 0.6) is 0 Å². The van der Waals surface area contributed by atoms with Gasteiger partial charge in [0.05, 0.1) is 6.26 Å². The van der Waals surface area contributed by atoms with Gasteiger partial charge >= 0.3 is 0 Å². The maximum absolute atomic E-state index is 11.6. The van der Waals surface area contributed by atoms with Crippen LogP contribution >= 0.6 is 0 Å². The average molecular weight is 345 g/mol. The molecule has 2 N–H and O–H groups in total. The van der Waals surface area contributed by atoms with Crippen LogP contribution in [0.3, 0.4) is 0 Å². The molecular formula is C16H32N4O2S. The molecule has 1 saturated heterocycles. The van der Waals surface area contributed by atoms with Gasteiger partial charge in [-0.1, -0.05) is 13.3 Å². The molecule has 1 heterocycles. The molecular weight excluding hydrogens is 312 g/mol. The zero-order chi connectivity index (χ0) is 16.9. The van der Waals surface area contributed by atoms with Gasteiger partial charge in [0.1, 0.15) is 0 Å². The molecule has 2 fully saturated rings. The summed E-state index contributed by atoms with van der Waals surface area (Å²) in [4.78, 5) is 4.77. The molecule has 1 atom stereocenters. The number of sulfonamides is 1. The Morgan fingerprint density at radius 3 is 2.52 bits per heavy atom. The van der Waals surface area contributed by atoms with Crippen LogP contribution in [-0.4, -0.2) is 57.7 Å². The lowest BCUT2D eigenvalue weighted by Crippen LogP contribution is -2.42. The number of rotatable bonds is 7. The first kappa shape index (κ1) is 18.5. The van der Waals surface area contributed by atoms with E-state index in [1.807, 2.05) is 0 Å². The fourth-order valence-corrected chi connectivity index (χ4v) is 4.31. The van der Waals surface area contributed by atoms with E-state index in [9.17, 15) is 8.42 Å². The van der Waals surface area contributed by atoms with Crippen molar-refractivity contribution in [2.45, 2.75) is 46.0 Å². The van der Waals surface area contributed by atoms with E-state index >= 15 is 0 Å². The fourth-order valence-electron chi connectivity index (χ4n) is 3.39. The molecule has 1 aliphatic carbocycles. The minimum absolute atomic E-state index is 0.359. The molecule has 7 heteroatoms. The first-order valence-corrected chi connectivity index (χ1v) is 10.7. The van der Waals surface area contributed by atoms with Crippen LogP contribution < -0.4 is 10.6 Å². The molecule has 1 unspecified atom stereocenters. The molecule has 0 amide bonds. The highest BCUT2D eigenvalue weighted by Crippen LogP contribution is 2.43. The highest BCUT2D eigenvalue weighted by molar-refractivity contribution is 7.88. The third kappa shape index (κ3) is 5.08. The van der Waals surface area contributed by atoms with E-state index in [1.54, 1.807) is 4.31 Å². The normalized spacial score (nSPS) is 25.2. The number of aliphatic imine (C=N–C) groups is 1. The van der Waals surface area contributed by atoms with Crippen LogP contribution in [0.15, 0.2) is 4.99 Å². The summed E-state index contributed by atoms with van der Waals surface area (Å²) >= 11 is 0. The Hall–Kier alpha value is -0.820. The van der Waals surface area contributed by atoms with Gasteiger partial charge in [-0.15, -0.1) is 0 Å². The fraction of sp³-hybridized carbons (Fsp3) is 0.938. The van der Waals surface area contributed by atoms with Crippen molar-refractivity contribution in [3.63, 3.8) is 0 Å². The minimum atomic E-state index is -3.05. The van der Waals surface area contributed by atoms with Crippen LogP contribution in [0.25, 0.3) is 0 Å². The standard InChI is InChI=1S/C16H32N4O2S/c1-4-16(8-6-9-16)13-19-15(17-5-2)18-11-14-7-10-20(12-14)23(3,21)22/h14H,4-13H2,1-3H3,(H2,17,18,19). The number of guanidine groups is 1. The second kappa shape index (κ2) is 7.83. The Balaban J connectivity index is 1.83. The number of nitrogens with one attached hydrogen (secondary N) is 2. The van der Waals surface area contributed by atoms with E-state index in [1.165, 1.54) is 31.9 Å². The van der Waals surface area contributed by atoms with Gasteiger partial charge in [0, 0.05) is 32.7 Å². The smallest absolute Gasteiger partial charge is 0.211 e. The molecule has 2 aliphatic rings. The Bertz CT molecular complexity index is 509. The molecule has 0 aromatic heterocycles. The predicted octanol–water partition coefficient (Wildman–Crippen LogP) is 1.40. The second-order valence-corrected chi connectivity index (χ2v) is 9.04. The Kier molecular flexibility index (Phi) is 6.31. The first-order valence-electron chi connectivity index (χ1n) is 8.86. The topological polar surface area (TPSA) is 73.8 Å². The quantitative estimate of drug-likeness (QED) is 0.541. The highest BCUT2D eigenvalue weighted by Gasteiger charge is 2.35. The van der Waals surface area contributed by atoms with E-state index in [2.05, 4.69) is 24.5 Å². The first-order chi connectivity index (χ1) is 10.9. The van der Waals surface area contributed by atoms with Crippen molar-refractivity contribution in [3.05, 3.63) is 0 Å². The van der Waals surface area contributed by atoms with Gasteiger partial charge < -0.3 is 10.6 Å². The molecule has 134 valence electrons. The summed E-state index contributed by atoms with van der Waals surface area (Å²) in [7, 11) is -3.05. The number of hydrogen-bond acceptors (Lipinski definition) is 3. The highest BCUT2D eigenvalue weighted by atomic mass is 32.2. The maximum atomic E-state index is 11.6. The van der Waals surface area contributed by atoms with Gasteiger partial charge in [-0.2, -0.15) is 0 Å². The van der Waals surface area contributed by atoms with Crippen LogP contribution in [0.1, 0.15) is 46.0 Å². The Morgan fingerprint density at radius 2 is 2.04 bits per heavy atom. The summed E-state index contributed by atoms with van der Waals surface area (Å²) in [6.45, 7) is 8.08. The summed E-state index contributed by atoms with van der Waals surface area (Å²) in [5.41, 5.74) is 0.419. The summed E-state index contributed by atoms with van der Waals surface area (Å²) < 4.78 is 24.7. The Labute approximate surface area is 141 Å². The van der Waals surface area contributed by atoms with E-state index in [4.69, 9.17) is 4.99 Å². The third-order valence-corrected chi connectivity index (χ3v) is 6.63. The summed E-state index contributed by atoms with van der Waals surface area (Å²) in [6.07, 6.45) is 7.31. The van der Waals surface area contributed by atoms with Crippen molar-refractivity contribution in [1.29, 1.82) is 0 Å². The largest absolute Gasteiger partial charge is 0.357 e. The SMILES string of the molecule is CCNC(=NCC1(CC)CCC1)NCC1CCN(S(C)(=O)=O)C1. The second-order valence-electron chi connectivity index (χ2n) is 7.06. The van der Waals surface area contributed by atoms with Crippen molar-refractivity contribution >= 4 is 16.0 Å². The Morgan fingerprint density at radius 1 is 1.30 bits per heavy atom. The van der Waals surface area contributed by atoms with Gasteiger partial charge in [0.25, 0.3) is 0 Å². The van der Waals surface area contributed by atoms with Crippen molar-refractivity contribution in [1.82, 2.24) is 14.9 Å². The summed E-state index contributed by atoms with van der Waals surface area (Å²) in [6, 6.07) is 0. The van der Waals surface area contributed by atoms with Crippen LogP contribution in [0, 0.1) is 11.3 Å². The minimum Gasteiger partial charge on any atom is -0.357 e. The molecule has 0 bridgehead atoms.